The fraction of sp³-hybridized carbons (Fsp3) is 0.400. The Morgan fingerprint density at radius 2 is 2.24 bits per heavy atom. The van der Waals surface area contributed by atoms with Gasteiger partial charge in [-0.15, -0.1) is 0 Å². The number of hydrogen-bond acceptors (Lipinski definition) is 3. The number of nitrogens with zero attached hydrogens (tertiary/aromatic N) is 2. The first-order chi connectivity index (χ1) is 10.1. The number of rotatable bonds is 7. The minimum absolute atomic E-state index is 0.0595. The Morgan fingerprint density at radius 3 is 2.95 bits per heavy atom. The summed E-state index contributed by atoms with van der Waals surface area (Å²) < 4.78 is 0. The zero-order valence-electron chi connectivity index (χ0n) is 12.0. The summed E-state index contributed by atoms with van der Waals surface area (Å²) >= 11 is 6.07. The molecule has 2 N–H and O–H groups in total. The van der Waals surface area contributed by atoms with Crippen LogP contribution in [-0.2, 0) is 17.6 Å². The van der Waals surface area contributed by atoms with E-state index in [0.717, 1.165) is 34.8 Å². The van der Waals surface area contributed by atoms with Gasteiger partial charge in [-0.25, -0.2) is 4.98 Å². The van der Waals surface area contributed by atoms with Gasteiger partial charge in [0.2, 0.25) is 5.91 Å². The summed E-state index contributed by atoms with van der Waals surface area (Å²) in [6.07, 6.45) is 4.29. The normalized spacial score (nSPS) is 10.6. The molecule has 5 nitrogen and oxygen atoms in total. The summed E-state index contributed by atoms with van der Waals surface area (Å²) in [7, 11) is 0. The zero-order valence-corrected chi connectivity index (χ0v) is 12.8. The fourth-order valence-corrected chi connectivity index (χ4v) is 2.18. The van der Waals surface area contributed by atoms with Gasteiger partial charge in [0.25, 0.3) is 0 Å². The van der Waals surface area contributed by atoms with E-state index in [1.807, 2.05) is 25.1 Å². The molecule has 0 saturated carbocycles. The average molecular weight is 307 g/mol. The number of H-pyrrole nitrogens is 1. The number of carbonyl (C=O) groups excluding carboxylic acids is 1. The van der Waals surface area contributed by atoms with Gasteiger partial charge in [0, 0.05) is 24.4 Å². The van der Waals surface area contributed by atoms with Crippen molar-refractivity contribution in [2.75, 3.05) is 6.54 Å². The van der Waals surface area contributed by atoms with Gasteiger partial charge in [0.1, 0.15) is 12.2 Å². The topological polar surface area (TPSA) is 70.7 Å². The number of aromatic amines is 1. The molecule has 112 valence electrons. The van der Waals surface area contributed by atoms with E-state index in [0.29, 0.717) is 19.4 Å². The van der Waals surface area contributed by atoms with Crippen molar-refractivity contribution in [3.05, 3.63) is 46.5 Å². The predicted molar refractivity (Wildman–Crippen MR) is 82.2 cm³/mol. The quantitative estimate of drug-likeness (QED) is 0.772. The average Bonchev–Trinajstić information content (AvgIpc) is 2.98. The minimum Gasteiger partial charge on any atom is -0.356 e. The largest absolute Gasteiger partial charge is 0.356 e. The first-order valence-corrected chi connectivity index (χ1v) is 7.39. The maximum atomic E-state index is 11.7. The SMILES string of the molecule is Cc1ccc(CCC(=O)NCCCc2ncn[nH]2)cc1Cl. The molecule has 0 fully saturated rings. The summed E-state index contributed by atoms with van der Waals surface area (Å²) in [5.41, 5.74) is 2.14. The monoisotopic (exact) mass is 306 g/mol. The molecule has 0 aliphatic rings. The Bertz CT molecular complexity index is 583. The van der Waals surface area contributed by atoms with Crippen LogP contribution in [0.25, 0.3) is 0 Å². The maximum Gasteiger partial charge on any atom is 0.220 e. The first-order valence-electron chi connectivity index (χ1n) is 7.01. The molecule has 6 heteroatoms. The number of aromatic nitrogens is 3. The number of benzene rings is 1. The number of amides is 1. The van der Waals surface area contributed by atoms with Crippen molar-refractivity contribution < 1.29 is 4.79 Å². The van der Waals surface area contributed by atoms with E-state index < -0.39 is 0 Å². The third kappa shape index (κ3) is 5.19. The summed E-state index contributed by atoms with van der Waals surface area (Å²) in [4.78, 5) is 15.8. The number of nitrogens with one attached hydrogen (secondary N) is 2. The predicted octanol–water partition coefficient (Wildman–Crippen LogP) is 2.45. The number of hydrogen-bond donors (Lipinski definition) is 2. The van der Waals surface area contributed by atoms with E-state index >= 15 is 0 Å². The smallest absolute Gasteiger partial charge is 0.220 e. The van der Waals surface area contributed by atoms with Crippen LogP contribution < -0.4 is 5.32 Å². The number of aryl methyl sites for hydroxylation is 3. The van der Waals surface area contributed by atoms with Gasteiger partial charge in [-0.2, -0.15) is 5.10 Å². The van der Waals surface area contributed by atoms with Gasteiger partial charge >= 0.3 is 0 Å². The van der Waals surface area contributed by atoms with Crippen LogP contribution in [0.15, 0.2) is 24.5 Å². The molecule has 0 aliphatic carbocycles. The highest BCUT2D eigenvalue weighted by Gasteiger charge is 2.04. The number of halogens is 1. The first kappa shape index (κ1) is 15.5. The van der Waals surface area contributed by atoms with Crippen molar-refractivity contribution in [1.29, 1.82) is 0 Å². The minimum atomic E-state index is 0.0595. The standard InChI is InChI=1S/C15H19ClN4O/c1-11-4-5-12(9-13(11)16)6-7-15(21)17-8-2-3-14-18-10-19-20-14/h4-5,9-10H,2-3,6-8H2,1H3,(H,17,21)(H,18,19,20). The van der Waals surface area contributed by atoms with Gasteiger partial charge in [-0.3, -0.25) is 9.89 Å². The third-order valence-electron chi connectivity index (χ3n) is 3.25. The Morgan fingerprint density at radius 1 is 1.38 bits per heavy atom. The van der Waals surface area contributed by atoms with E-state index in [1.54, 1.807) is 0 Å². The summed E-state index contributed by atoms with van der Waals surface area (Å²) in [6.45, 7) is 2.61. The highest BCUT2D eigenvalue weighted by Crippen LogP contribution is 2.17. The lowest BCUT2D eigenvalue weighted by molar-refractivity contribution is -0.121. The van der Waals surface area contributed by atoms with Crippen molar-refractivity contribution >= 4 is 17.5 Å². The van der Waals surface area contributed by atoms with Crippen LogP contribution in [0.3, 0.4) is 0 Å². The molecule has 2 rings (SSSR count). The molecule has 0 spiro atoms. The molecule has 0 bridgehead atoms. The molecule has 0 atom stereocenters. The molecular formula is C15H19ClN4O. The van der Waals surface area contributed by atoms with E-state index in [1.165, 1.54) is 6.33 Å². The lowest BCUT2D eigenvalue weighted by Gasteiger charge is -2.06. The van der Waals surface area contributed by atoms with Crippen molar-refractivity contribution in [2.45, 2.75) is 32.6 Å². The molecule has 0 saturated heterocycles. The van der Waals surface area contributed by atoms with Crippen LogP contribution in [0, 0.1) is 6.92 Å². The molecule has 2 aromatic rings. The highest BCUT2D eigenvalue weighted by molar-refractivity contribution is 6.31. The van der Waals surface area contributed by atoms with Crippen molar-refractivity contribution in [2.24, 2.45) is 0 Å². The lowest BCUT2D eigenvalue weighted by atomic mass is 10.1. The van der Waals surface area contributed by atoms with Gasteiger partial charge in [-0.05, 0) is 37.0 Å². The third-order valence-corrected chi connectivity index (χ3v) is 3.66. The maximum absolute atomic E-state index is 11.7. The lowest BCUT2D eigenvalue weighted by Crippen LogP contribution is -2.25. The molecule has 0 aliphatic heterocycles. The van der Waals surface area contributed by atoms with E-state index in [4.69, 9.17) is 11.6 Å². The second-order valence-electron chi connectivity index (χ2n) is 4.97. The molecule has 1 aromatic heterocycles. The van der Waals surface area contributed by atoms with Crippen molar-refractivity contribution in [3.8, 4) is 0 Å². The highest BCUT2D eigenvalue weighted by atomic mass is 35.5. The molecule has 1 amide bonds. The van der Waals surface area contributed by atoms with Gasteiger partial charge in [0.05, 0.1) is 0 Å². The van der Waals surface area contributed by atoms with Crippen LogP contribution in [-0.4, -0.2) is 27.6 Å². The summed E-state index contributed by atoms with van der Waals surface area (Å²) in [6, 6.07) is 5.92. The fourth-order valence-electron chi connectivity index (χ4n) is 1.97. The number of carbonyl (C=O) groups is 1. The van der Waals surface area contributed by atoms with Crippen LogP contribution in [0.2, 0.25) is 5.02 Å². The molecule has 1 heterocycles. The second-order valence-corrected chi connectivity index (χ2v) is 5.38. The molecular weight excluding hydrogens is 288 g/mol. The van der Waals surface area contributed by atoms with E-state index in [2.05, 4.69) is 20.5 Å². The Labute approximate surface area is 129 Å². The molecule has 1 aromatic carbocycles. The van der Waals surface area contributed by atoms with Crippen LogP contribution >= 0.6 is 11.6 Å². The Kier molecular flexibility index (Phi) is 5.75. The summed E-state index contributed by atoms with van der Waals surface area (Å²) in [5, 5.41) is 10.2. The Hall–Kier alpha value is -1.88. The molecule has 21 heavy (non-hydrogen) atoms. The molecule has 0 unspecified atom stereocenters. The molecule has 0 radical (unpaired) electrons. The second kappa shape index (κ2) is 7.78. The summed E-state index contributed by atoms with van der Waals surface area (Å²) in [5.74, 6) is 0.905. The van der Waals surface area contributed by atoms with Gasteiger partial charge < -0.3 is 5.32 Å². The van der Waals surface area contributed by atoms with Crippen molar-refractivity contribution in [3.63, 3.8) is 0 Å². The Balaban J connectivity index is 1.64. The van der Waals surface area contributed by atoms with Gasteiger partial charge in [-0.1, -0.05) is 23.7 Å². The van der Waals surface area contributed by atoms with Gasteiger partial charge in [0.15, 0.2) is 0 Å². The van der Waals surface area contributed by atoms with E-state index in [-0.39, 0.29) is 5.91 Å². The van der Waals surface area contributed by atoms with Crippen LogP contribution in [0.4, 0.5) is 0 Å². The zero-order chi connectivity index (χ0) is 15.1. The van der Waals surface area contributed by atoms with Crippen LogP contribution in [0.1, 0.15) is 29.8 Å². The van der Waals surface area contributed by atoms with Crippen LogP contribution in [0.5, 0.6) is 0 Å². The van der Waals surface area contributed by atoms with Crippen molar-refractivity contribution in [1.82, 2.24) is 20.5 Å². The van der Waals surface area contributed by atoms with E-state index in [9.17, 15) is 4.79 Å².